The largest absolute Gasteiger partial charge is 0.468 e. The molecule has 1 aromatic heterocycles. The summed E-state index contributed by atoms with van der Waals surface area (Å²) in [5.74, 6) is 1.04. The van der Waals surface area contributed by atoms with E-state index in [1.165, 1.54) is 12.8 Å². The lowest BCUT2D eigenvalue weighted by atomic mass is 10.1. The first kappa shape index (κ1) is 15.6. The van der Waals surface area contributed by atoms with Crippen molar-refractivity contribution < 1.29 is 4.42 Å². The molecule has 0 saturated carbocycles. The molecule has 0 aliphatic carbocycles. The van der Waals surface area contributed by atoms with E-state index in [1.807, 2.05) is 24.3 Å². The Balaban J connectivity index is 1.67. The molecule has 2 aromatic rings. The molecule has 118 valence electrons. The van der Waals surface area contributed by atoms with Gasteiger partial charge >= 0.3 is 0 Å². The van der Waals surface area contributed by atoms with Crippen molar-refractivity contribution in [1.29, 1.82) is 0 Å². The summed E-state index contributed by atoms with van der Waals surface area (Å²) in [5, 5.41) is 4.44. The second-order valence-electron chi connectivity index (χ2n) is 5.93. The molecule has 0 bridgehead atoms. The van der Waals surface area contributed by atoms with Crippen LogP contribution in [0, 0.1) is 0 Å². The van der Waals surface area contributed by atoms with Gasteiger partial charge in [-0.3, -0.25) is 4.90 Å². The average Bonchev–Trinajstić information content (AvgIpc) is 3.21. The van der Waals surface area contributed by atoms with Crippen molar-refractivity contribution in [2.24, 2.45) is 0 Å². The molecule has 1 aromatic carbocycles. The zero-order valence-corrected chi connectivity index (χ0v) is 13.7. The summed E-state index contributed by atoms with van der Waals surface area (Å²) in [4.78, 5) is 2.51. The molecule has 22 heavy (non-hydrogen) atoms. The van der Waals surface area contributed by atoms with Gasteiger partial charge in [-0.05, 0) is 56.6 Å². The molecular formula is C18H23ClN2O. The third kappa shape index (κ3) is 3.54. The highest BCUT2D eigenvalue weighted by Crippen LogP contribution is 2.27. The van der Waals surface area contributed by atoms with Crippen LogP contribution in [0.5, 0.6) is 0 Å². The van der Waals surface area contributed by atoms with Gasteiger partial charge in [0.1, 0.15) is 5.76 Å². The van der Waals surface area contributed by atoms with Crippen LogP contribution in [-0.2, 0) is 0 Å². The number of likely N-dealkylation sites (tertiary alicyclic amines) is 1. The fraction of sp³-hybridized carbons (Fsp3) is 0.444. The minimum Gasteiger partial charge on any atom is -0.468 e. The maximum atomic E-state index is 6.29. The number of nitrogens with zero attached hydrogens (tertiary/aromatic N) is 1. The van der Waals surface area contributed by atoms with Gasteiger partial charge in [0.05, 0.1) is 12.3 Å². The first-order chi connectivity index (χ1) is 10.8. The summed E-state index contributed by atoms with van der Waals surface area (Å²) < 4.78 is 5.66. The Morgan fingerprint density at radius 3 is 2.64 bits per heavy atom. The maximum Gasteiger partial charge on any atom is 0.122 e. The molecule has 3 rings (SSSR count). The third-order valence-electron chi connectivity index (χ3n) is 4.44. The molecule has 1 N–H and O–H groups in total. The quantitative estimate of drug-likeness (QED) is 0.854. The van der Waals surface area contributed by atoms with Crippen molar-refractivity contribution in [2.75, 3.05) is 19.6 Å². The van der Waals surface area contributed by atoms with Crippen LogP contribution in [-0.4, -0.2) is 24.5 Å². The summed E-state index contributed by atoms with van der Waals surface area (Å²) in [6.45, 7) is 5.31. The second kappa shape index (κ2) is 7.32. The standard InChI is InChI=1S/C18H23ClN2O/c1-14(15-7-2-3-8-16(15)19)20-13-17(18-9-6-12-22-18)21-10-4-5-11-21/h2-3,6-9,12,14,17,20H,4-5,10-11,13H2,1H3. The minimum atomic E-state index is 0.216. The van der Waals surface area contributed by atoms with Crippen LogP contribution in [0.25, 0.3) is 0 Å². The third-order valence-corrected chi connectivity index (χ3v) is 4.79. The highest BCUT2D eigenvalue weighted by molar-refractivity contribution is 6.31. The summed E-state index contributed by atoms with van der Waals surface area (Å²) in [6, 6.07) is 12.6. The Hall–Kier alpha value is -1.29. The van der Waals surface area contributed by atoms with Gasteiger partial charge < -0.3 is 9.73 Å². The van der Waals surface area contributed by atoms with Gasteiger partial charge in [-0.15, -0.1) is 0 Å². The van der Waals surface area contributed by atoms with Crippen LogP contribution >= 0.6 is 11.6 Å². The average molecular weight is 319 g/mol. The van der Waals surface area contributed by atoms with E-state index < -0.39 is 0 Å². The van der Waals surface area contributed by atoms with E-state index in [0.717, 1.165) is 36.0 Å². The van der Waals surface area contributed by atoms with E-state index in [2.05, 4.69) is 29.3 Å². The fourth-order valence-electron chi connectivity index (χ4n) is 3.17. The first-order valence-corrected chi connectivity index (χ1v) is 8.39. The van der Waals surface area contributed by atoms with Crippen LogP contribution in [0.3, 0.4) is 0 Å². The Kier molecular flexibility index (Phi) is 5.19. The molecule has 1 aliphatic rings. The number of nitrogens with one attached hydrogen (secondary N) is 1. The summed E-state index contributed by atoms with van der Waals surface area (Å²) in [5.41, 5.74) is 1.14. The van der Waals surface area contributed by atoms with Crippen LogP contribution in [0.1, 0.15) is 43.2 Å². The molecule has 1 aliphatic heterocycles. The number of hydrogen-bond donors (Lipinski definition) is 1. The van der Waals surface area contributed by atoms with E-state index in [4.69, 9.17) is 16.0 Å². The molecule has 2 atom stereocenters. The molecule has 2 unspecified atom stereocenters. The number of furan rings is 1. The van der Waals surface area contributed by atoms with Crippen molar-refractivity contribution >= 4 is 11.6 Å². The summed E-state index contributed by atoms with van der Waals surface area (Å²) >= 11 is 6.29. The summed E-state index contributed by atoms with van der Waals surface area (Å²) in [6.07, 6.45) is 4.31. The Morgan fingerprint density at radius 2 is 1.95 bits per heavy atom. The number of halogens is 1. The normalized spacial score (nSPS) is 18.5. The maximum absolute atomic E-state index is 6.29. The summed E-state index contributed by atoms with van der Waals surface area (Å²) in [7, 11) is 0. The van der Waals surface area contributed by atoms with E-state index in [-0.39, 0.29) is 6.04 Å². The van der Waals surface area contributed by atoms with E-state index in [1.54, 1.807) is 6.26 Å². The Labute approximate surface area is 137 Å². The van der Waals surface area contributed by atoms with Crippen molar-refractivity contribution in [3.8, 4) is 0 Å². The SMILES string of the molecule is CC(NCC(c1ccco1)N1CCCC1)c1ccccc1Cl. The van der Waals surface area contributed by atoms with Gasteiger partial charge in [0, 0.05) is 17.6 Å². The molecule has 0 amide bonds. The highest BCUT2D eigenvalue weighted by Gasteiger charge is 2.26. The zero-order valence-electron chi connectivity index (χ0n) is 13.0. The fourth-order valence-corrected chi connectivity index (χ4v) is 3.47. The van der Waals surface area contributed by atoms with Crippen LogP contribution in [0.4, 0.5) is 0 Å². The van der Waals surface area contributed by atoms with E-state index >= 15 is 0 Å². The first-order valence-electron chi connectivity index (χ1n) is 8.01. The monoisotopic (exact) mass is 318 g/mol. The highest BCUT2D eigenvalue weighted by atomic mass is 35.5. The van der Waals surface area contributed by atoms with Gasteiger partial charge in [-0.25, -0.2) is 0 Å². The second-order valence-corrected chi connectivity index (χ2v) is 6.33. The Morgan fingerprint density at radius 1 is 1.18 bits per heavy atom. The van der Waals surface area contributed by atoms with Gasteiger partial charge in [0.15, 0.2) is 0 Å². The zero-order chi connectivity index (χ0) is 15.4. The van der Waals surface area contributed by atoms with Gasteiger partial charge in [-0.1, -0.05) is 29.8 Å². The van der Waals surface area contributed by atoms with Gasteiger partial charge in [-0.2, -0.15) is 0 Å². The number of rotatable bonds is 6. The van der Waals surface area contributed by atoms with Crippen LogP contribution < -0.4 is 5.32 Å². The molecule has 3 nitrogen and oxygen atoms in total. The van der Waals surface area contributed by atoms with Gasteiger partial charge in [0.25, 0.3) is 0 Å². The lowest BCUT2D eigenvalue weighted by Crippen LogP contribution is -2.35. The molecule has 1 saturated heterocycles. The van der Waals surface area contributed by atoms with E-state index in [0.29, 0.717) is 6.04 Å². The molecule has 4 heteroatoms. The molecule has 1 fully saturated rings. The lowest BCUT2D eigenvalue weighted by molar-refractivity contribution is 0.205. The lowest BCUT2D eigenvalue weighted by Gasteiger charge is -2.28. The van der Waals surface area contributed by atoms with Crippen molar-refractivity contribution in [2.45, 2.75) is 31.8 Å². The van der Waals surface area contributed by atoms with Crippen molar-refractivity contribution in [3.63, 3.8) is 0 Å². The Bertz CT molecular complexity index is 579. The molecule has 0 spiro atoms. The smallest absolute Gasteiger partial charge is 0.122 e. The number of benzene rings is 1. The minimum absolute atomic E-state index is 0.216. The predicted molar refractivity (Wildman–Crippen MR) is 90.1 cm³/mol. The van der Waals surface area contributed by atoms with Crippen LogP contribution in [0.15, 0.2) is 47.1 Å². The van der Waals surface area contributed by atoms with Gasteiger partial charge in [0.2, 0.25) is 0 Å². The molecule has 0 radical (unpaired) electrons. The molecule has 2 heterocycles. The predicted octanol–water partition coefficient (Wildman–Crippen LogP) is 4.42. The van der Waals surface area contributed by atoms with Crippen molar-refractivity contribution in [3.05, 3.63) is 59.0 Å². The topological polar surface area (TPSA) is 28.4 Å². The van der Waals surface area contributed by atoms with Crippen LogP contribution in [0.2, 0.25) is 5.02 Å². The van der Waals surface area contributed by atoms with E-state index in [9.17, 15) is 0 Å². The molecular weight excluding hydrogens is 296 g/mol. The number of hydrogen-bond acceptors (Lipinski definition) is 3. The van der Waals surface area contributed by atoms with Crippen molar-refractivity contribution in [1.82, 2.24) is 10.2 Å².